The van der Waals surface area contributed by atoms with Crippen LogP contribution in [-0.2, 0) is 0 Å². The van der Waals surface area contributed by atoms with Crippen LogP contribution in [0.3, 0.4) is 0 Å². The summed E-state index contributed by atoms with van der Waals surface area (Å²) in [6.45, 7) is 1.67. The number of benzene rings is 1. The number of aromatic nitrogens is 3. The molecule has 0 bridgehead atoms. The number of hydrogen-bond donors (Lipinski definition) is 3. The summed E-state index contributed by atoms with van der Waals surface area (Å²) in [6.07, 6.45) is 4.60. The molecule has 144 valence electrons. The fourth-order valence-corrected chi connectivity index (χ4v) is 3.19. The van der Waals surface area contributed by atoms with Crippen LogP contribution in [0, 0.1) is 5.82 Å². The smallest absolute Gasteiger partial charge is 0.272 e. The molecule has 1 aliphatic rings. The van der Waals surface area contributed by atoms with Gasteiger partial charge in [-0.05, 0) is 18.2 Å². The number of anilines is 1. The van der Waals surface area contributed by atoms with Gasteiger partial charge >= 0.3 is 0 Å². The molecule has 1 aromatic carbocycles. The van der Waals surface area contributed by atoms with E-state index in [-0.39, 0.29) is 32.9 Å². The standard InChI is InChI=1S/C18H14Cl2FN5O2/c19-12-1-2-13(20)16(21)15(12)17(27)9-3-14(23-4-9)18(28)25-10-5-24-26(8-10)11-6-22-7-11/h1-5,8,11,22-23H,6-7H2,(H,25,28). The number of ketones is 1. The summed E-state index contributed by atoms with van der Waals surface area (Å²) >= 11 is 11.7. The van der Waals surface area contributed by atoms with Gasteiger partial charge in [-0.25, -0.2) is 4.39 Å². The number of aromatic amines is 1. The summed E-state index contributed by atoms with van der Waals surface area (Å²) in [5, 5.41) is 9.79. The monoisotopic (exact) mass is 421 g/mol. The van der Waals surface area contributed by atoms with Crippen molar-refractivity contribution in [3.8, 4) is 0 Å². The van der Waals surface area contributed by atoms with Crippen molar-refractivity contribution in [3.05, 3.63) is 69.5 Å². The van der Waals surface area contributed by atoms with Gasteiger partial charge in [0, 0.05) is 31.0 Å². The molecule has 1 saturated heterocycles. The summed E-state index contributed by atoms with van der Waals surface area (Å²) in [5.74, 6) is -2.03. The van der Waals surface area contributed by atoms with Crippen molar-refractivity contribution in [2.24, 2.45) is 0 Å². The predicted molar refractivity (Wildman–Crippen MR) is 103 cm³/mol. The Hall–Kier alpha value is -2.68. The second-order valence-corrected chi connectivity index (χ2v) is 7.14. The molecule has 10 heteroatoms. The van der Waals surface area contributed by atoms with E-state index in [1.54, 1.807) is 17.1 Å². The molecule has 0 saturated carbocycles. The van der Waals surface area contributed by atoms with Crippen molar-refractivity contribution in [1.29, 1.82) is 0 Å². The molecular formula is C18H14Cl2FN5O2. The number of rotatable bonds is 5. The SMILES string of the molecule is O=C(Nc1cnn(C2CNC2)c1)c1cc(C(=O)c2c(Cl)ccc(Cl)c2F)c[nH]1. The van der Waals surface area contributed by atoms with Crippen LogP contribution in [-0.4, -0.2) is 39.5 Å². The highest BCUT2D eigenvalue weighted by atomic mass is 35.5. The zero-order valence-electron chi connectivity index (χ0n) is 14.3. The lowest BCUT2D eigenvalue weighted by Crippen LogP contribution is -2.43. The van der Waals surface area contributed by atoms with Crippen LogP contribution in [0.15, 0.2) is 36.8 Å². The Bertz CT molecular complexity index is 1070. The normalized spacial score (nSPS) is 14.0. The van der Waals surface area contributed by atoms with E-state index in [1.165, 1.54) is 24.4 Å². The Kier molecular flexibility index (Phi) is 4.92. The van der Waals surface area contributed by atoms with Crippen LogP contribution in [0.4, 0.5) is 10.1 Å². The Morgan fingerprint density at radius 1 is 1.25 bits per heavy atom. The minimum Gasteiger partial charge on any atom is -0.356 e. The molecule has 4 rings (SSSR count). The molecule has 2 aromatic heterocycles. The Balaban J connectivity index is 1.51. The zero-order chi connectivity index (χ0) is 19.8. The van der Waals surface area contributed by atoms with E-state index < -0.39 is 17.5 Å². The lowest BCUT2D eigenvalue weighted by molar-refractivity contribution is 0.102. The van der Waals surface area contributed by atoms with Crippen molar-refractivity contribution in [2.45, 2.75) is 6.04 Å². The summed E-state index contributed by atoms with van der Waals surface area (Å²) in [6, 6.07) is 4.22. The molecule has 0 aliphatic carbocycles. The molecule has 0 unspecified atom stereocenters. The fourth-order valence-electron chi connectivity index (χ4n) is 2.80. The van der Waals surface area contributed by atoms with E-state index in [4.69, 9.17) is 23.2 Å². The minimum atomic E-state index is -0.899. The molecule has 0 radical (unpaired) electrons. The number of H-pyrrole nitrogens is 1. The van der Waals surface area contributed by atoms with Gasteiger partial charge in [-0.15, -0.1) is 0 Å². The fraction of sp³-hybridized carbons (Fsp3) is 0.167. The first-order chi connectivity index (χ1) is 13.4. The average Bonchev–Trinajstić information content (AvgIpc) is 3.27. The van der Waals surface area contributed by atoms with Gasteiger partial charge in [-0.2, -0.15) is 5.10 Å². The number of carbonyl (C=O) groups is 2. The lowest BCUT2D eigenvalue weighted by atomic mass is 10.0. The maximum Gasteiger partial charge on any atom is 0.272 e. The third-order valence-corrected chi connectivity index (χ3v) is 5.06. The van der Waals surface area contributed by atoms with Crippen LogP contribution in [0.1, 0.15) is 32.5 Å². The molecule has 3 N–H and O–H groups in total. The maximum atomic E-state index is 14.2. The van der Waals surface area contributed by atoms with Gasteiger partial charge in [0.1, 0.15) is 5.69 Å². The molecule has 0 atom stereocenters. The number of carbonyl (C=O) groups excluding carboxylic acids is 2. The van der Waals surface area contributed by atoms with E-state index in [0.29, 0.717) is 5.69 Å². The molecule has 7 nitrogen and oxygen atoms in total. The molecule has 1 aliphatic heterocycles. The van der Waals surface area contributed by atoms with Crippen molar-refractivity contribution < 1.29 is 14.0 Å². The first-order valence-electron chi connectivity index (χ1n) is 8.37. The highest BCUT2D eigenvalue weighted by Crippen LogP contribution is 2.28. The van der Waals surface area contributed by atoms with E-state index in [1.807, 2.05) is 0 Å². The summed E-state index contributed by atoms with van der Waals surface area (Å²) < 4.78 is 16.0. The van der Waals surface area contributed by atoms with Crippen molar-refractivity contribution >= 4 is 40.6 Å². The van der Waals surface area contributed by atoms with Gasteiger partial charge < -0.3 is 15.6 Å². The second-order valence-electron chi connectivity index (χ2n) is 6.32. The first-order valence-corrected chi connectivity index (χ1v) is 9.12. The number of nitrogens with one attached hydrogen (secondary N) is 3. The topological polar surface area (TPSA) is 91.8 Å². The highest BCUT2D eigenvalue weighted by molar-refractivity contribution is 6.37. The summed E-state index contributed by atoms with van der Waals surface area (Å²) in [4.78, 5) is 27.7. The van der Waals surface area contributed by atoms with Crippen LogP contribution in [0.25, 0.3) is 0 Å². The molecule has 28 heavy (non-hydrogen) atoms. The van der Waals surface area contributed by atoms with Gasteiger partial charge in [0.2, 0.25) is 0 Å². The number of halogens is 3. The first kappa shape index (κ1) is 18.7. The van der Waals surface area contributed by atoms with Gasteiger partial charge in [0.15, 0.2) is 11.6 Å². The Labute approximate surface area is 168 Å². The second kappa shape index (κ2) is 7.38. The Morgan fingerprint density at radius 3 is 2.71 bits per heavy atom. The molecular weight excluding hydrogens is 408 g/mol. The highest BCUT2D eigenvalue weighted by Gasteiger charge is 2.23. The third kappa shape index (κ3) is 3.42. The minimum absolute atomic E-state index is 0.0583. The van der Waals surface area contributed by atoms with Gasteiger partial charge in [0.25, 0.3) is 5.91 Å². The van der Waals surface area contributed by atoms with E-state index in [0.717, 1.165) is 13.1 Å². The van der Waals surface area contributed by atoms with Crippen molar-refractivity contribution in [1.82, 2.24) is 20.1 Å². The molecule has 1 fully saturated rings. The maximum absolute atomic E-state index is 14.2. The zero-order valence-corrected chi connectivity index (χ0v) is 15.8. The van der Waals surface area contributed by atoms with E-state index >= 15 is 0 Å². The van der Waals surface area contributed by atoms with E-state index in [2.05, 4.69) is 20.7 Å². The molecule has 1 amide bonds. The predicted octanol–water partition coefficient (Wildman–Crippen LogP) is 3.28. The van der Waals surface area contributed by atoms with Gasteiger partial charge in [0.05, 0.1) is 33.5 Å². The number of hydrogen-bond acceptors (Lipinski definition) is 4. The number of nitrogens with zero attached hydrogens (tertiary/aromatic N) is 2. The van der Waals surface area contributed by atoms with Crippen LogP contribution < -0.4 is 10.6 Å². The van der Waals surface area contributed by atoms with E-state index in [9.17, 15) is 14.0 Å². The lowest BCUT2D eigenvalue weighted by Gasteiger charge is -2.27. The third-order valence-electron chi connectivity index (χ3n) is 4.45. The average molecular weight is 422 g/mol. The largest absolute Gasteiger partial charge is 0.356 e. The van der Waals surface area contributed by atoms with Crippen LogP contribution in [0.2, 0.25) is 10.0 Å². The Morgan fingerprint density at radius 2 is 2.00 bits per heavy atom. The molecule has 3 aromatic rings. The van der Waals surface area contributed by atoms with Crippen LogP contribution in [0.5, 0.6) is 0 Å². The van der Waals surface area contributed by atoms with Crippen LogP contribution >= 0.6 is 23.2 Å². The molecule has 3 heterocycles. The van der Waals surface area contributed by atoms with Gasteiger partial charge in [-0.1, -0.05) is 23.2 Å². The van der Waals surface area contributed by atoms with Crippen molar-refractivity contribution in [3.63, 3.8) is 0 Å². The summed E-state index contributed by atoms with van der Waals surface area (Å²) in [7, 11) is 0. The number of amides is 1. The van der Waals surface area contributed by atoms with Crippen molar-refractivity contribution in [2.75, 3.05) is 18.4 Å². The summed E-state index contributed by atoms with van der Waals surface area (Å²) in [5.41, 5.74) is 0.420. The quantitative estimate of drug-likeness (QED) is 0.435. The molecule has 0 spiro atoms. The van der Waals surface area contributed by atoms with Gasteiger partial charge in [-0.3, -0.25) is 14.3 Å².